The van der Waals surface area contributed by atoms with E-state index in [1.165, 1.54) is 6.07 Å². The monoisotopic (exact) mass is 218 g/mol. The molecule has 1 rings (SSSR count). The van der Waals surface area contributed by atoms with Crippen LogP contribution in [-0.4, -0.2) is 19.0 Å². The second kappa shape index (κ2) is 4.28. The van der Waals surface area contributed by atoms with Crippen molar-refractivity contribution in [3.63, 3.8) is 0 Å². The summed E-state index contributed by atoms with van der Waals surface area (Å²) in [5, 5.41) is 10.5. The zero-order valence-electron chi connectivity index (χ0n) is 9.00. The van der Waals surface area contributed by atoms with Crippen LogP contribution >= 0.6 is 0 Å². The first-order valence-corrected chi connectivity index (χ1v) is 8.10. The van der Waals surface area contributed by atoms with Crippen LogP contribution in [0, 0.1) is 11.5 Å². The van der Waals surface area contributed by atoms with Crippen LogP contribution in [0.25, 0.3) is 0 Å². The Morgan fingerprint density at radius 2 is 2.07 bits per heavy atom. The molecular weight excluding hydrogens is 206 g/mol. The Labute approximate surface area is 90.2 Å². The number of hydrogen-bond donors (Lipinski definition) is 0. The highest BCUT2D eigenvalue weighted by Gasteiger charge is 2.07. The fraction of sp³-hybridized carbons (Fsp3) is 0.273. The molecule has 0 saturated carbocycles. The van der Waals surface area contributed by atoms with Crippen molar-refractivity contribution in [1.82, 2.24) is 4.98 Å². The molecule has 0 unspecified atom stereocenters. The fourth-order valence-electron chi connectivity index (χ4n) is 0.870. The quantitative estimate of drug-likeness (QED) is 0.514. The number of nitrogens with zero attached hydrogens (tertiary/aromatic N) is 1. The summed E-state index contributed by atoms with van der Waals surface area (Å²) in [4.78, 5) is 14.4. The maximum Gasteiger partial charge on any atom is 0.129 e. The third-order valence-electron chi connectivity index (χ3n) is 1.52. The summed E-state index contributed by atoms with van der Waals surface area (Å²) in [5.74, 6) is 1.62. The Bertz CT molecular complexity index is 438. The van der Waals surface area contributed by atoms with Crippen LogP contribution in [0.1, 0.15) is 16.2 Å². The Kier molecular flexibility index (Phi) is 3.27. The van der Waals surface area contributed by atoms with E-state index in [-0.39, 0.29) is 5.69 Å². The molecule has 0 saturated heterocycles. The van der Waals surface area contributed by atoms with Gasteiger partial charge < -0.3 is 9.90 Å². The summed E-state index contributed by atoms with van der Waals surface area (Å²) in [5.41, 5.74) is 3.53. The van der Waals surface area contributed by atoms with Crippen LogP contribution in [0.3, 0.4) is 0 Å². The van der Waals surface area contributed by atoms with E-state index in [2.05, 4.69) is 36.1 Å². The summed E-state index contributed by atoms with van der Waals surface area (Å²) in [7, 11) is -1.45. The van der Waals surface area contributed by atoms with Crippen molar-refractivity contribution in [3.8, 4) is 11.5 Å². The van der Waals surface area contributed by atoms with Crippen molar-refractivity contribution in [1.29, 1.82) is 0 Å². The normalized spacial score (nSPS) is 10.3. The molecule has 0 aliphatic heterocycles. The maximum absolute atomic E-state index is 10.5. The molecule has 1 aromatic heterocycles. The van der Waals surface area contributed by atoms with Crippen molar-refractivity contribution >= 4 is 14.0 Å². The van der Waals surface area contributed by atoms with E-state index in [1.807, 2.05) is 0 Å². The molecule has 78 valence electrons. The van der Waals surface area contributed by atoms with Gasteiger partial charge in [0.05, 0.1) is 11.7 Å². The molecule has 0 aromatic carbocycles. The molecular formula is C11H12NO2Si-. The van der Waals surface area contributed by atoms with Crippen LogP contribution < -0.4 is 5.11 Å². The Morgan fingerprint density at radius 1 is 1.40 bits per heavy atom. The second-order valence-corrected chi connectivity index (χ2v) is 8.95. The molecule has 0 N–H and O–H groups in total. The summed E-state index contributed by atoms with van der Waals surface area (Å²) in [6.45, 7) is 6.34. The fourth-order valence-corrected chi connectivity index (χ4v) is 1.37. The minimum Gasteiger partial charge on any atom is -0.543 e. The van der Waals surface area contributed by atoms with Crippen LogP contribution in [-0.2, 0) is 0 Å². The van der Waals surface area contributed by atoms with Crippen LogP contribution in [0.15, 0.2) is 18.2 Å². The predicted octanol–water partition coefficient (Wildman–Crippen LogP) is 0.674. The molecule has 0 atom stereocenters. The smallest absolute Gasteiger partial charge is 0.129 e. The minimum atomic E-state index is -1.45. The van der Waals surface area contributed by atoms with E-state index in [0.717, 1.165) is 0 Å². The highest BCUT2D eigenvalue weighted by atomic mass is 28.3. The van der Waals surface area contributed by atoms with Gasteiger partial charge in [0.25, 0.3) is 0 Å². The average molecular weight is 218 g/mol. The number of carbonyl (C=O) groups excluding carboxylic acids is 1. The molecule has 0 amide bonds. The van der Waals surface area contributed by atoms with Gasteiger partial charge in [-0.05, 0) is 12.1 Å². The standard InChI is InChI=1S/C11H13NO2Si/c1-15(2,3)8-7-9-5-4-6-10(12-9)11(13)14/h4-6H,1-3H3,(H,13,14)/p-1. The third kappa shape index (κ3) is 3.96. The largest absolute Gasteiger partial charge is 0.543 e. The van der Waals surface area contributed by atoms with Crippen molar-refractivity contribution in [2.45, 2.75) is 19.6 Å². The lowest BCUT2D eigenvalue weighted by molar-refractivity contribution is -0.255. The second-order valence-electron chi connectivity index (χ2n) is 4.20. The summed E-state index contributed by atoms with van der Waals surface area (Å²) >= 11 is 0. The first-order valence-electron chi connectivity index (χ1n) is 4.60. The van der Waals surface area contributed by atoms with Gasteiger partial charge in [-0.15, -0.1) is 5.54 Å². The predicted molar refractivity (Wildman–Crippen MR) is 58.8 cm³/mol. The van der Waals surface area contributed by atoms with Gasteiger partial charge in [-0.25, -0.2) is 4.98 Å². The van der Waals surface area contributed by atoms with Gasteiger partial charge in [0.2, 0.25) is 0 Å². The molecule has 4 heteroatoms. The minimum absolute atomic E-state index is 0.0719. The number of carbonyl (C=O) groups is 1. The molecule has 0 bridgehead atoms. The number of rotatable bonds is 1. The summed E-state index contributed by atoms with van der Waals surface area (Å²) < 4.78 is 0. The Hall–Kier alpha value is -1.60. The number of hydrogen-bond acceptors (Lipinski definition) is 3. The Morgan fingerprint density at radius 3 is 2.60 bits per heavy atom. The van der Waals surface area contributed by atoms with Crippen molar-refractivity contribution < 1.29 is 9.90 Å². The molecule has 0 fully saturated rings. The van der Waals surface area contributed by atoms with Gasteiger partial charge in [-0.1, -0.05) is 31.6 Å². The topological polar surface area (TPSA) is 53.0 Å². The van der Waals surface area contributed by atoms with E-state index in [1.54, 1.807) is 12.1 Å². The molecule has 1 heterocycles. The number of carboxylic acid groups (broad SMARTS) is 1. The average Bonchev–Trinajstić information content (AvgIpc) is 2.14. The number of pyridine rings is 1. The summed E-state index contributed by atoms with van der Waals surface area (Å²) in [6.07, 6.45) is 0. The third-order valence-corrected chi connectivity index (χ3v) is 2.40. The molecule has 0 radical (unpaired) electrons. The molecule has 15 heavy (non-hydrogen) atoms. The molecule has 0 spiro atoms. The lowest BCUT2D eigenvalue weighted by Crippen LogP contribution is -2.23. The van der Waals surface area contributed by atoms with Crippen LogP contribution in [0.2, 0.25) is 19.6 Å². The van der Waals surface area contributed by atoms with Gasteiger partial charge in [-0.3, -0.25) is 0 Å². The van der Waals surface area contributed by atoms with Gasteiger partial charge >= 0.3 is 0 Å². The first-order chi connectivity index (χ1) is 6.88. The van der Waals surface area contributed by atoms with Gasteiger partial charge in [0, 0.05) is 0 Å². The summed E-state index contributed by atoms with van der Waals surface area (Å²) in [6, 6.07) is 4.71. The Balaban J connectivity index is 3.00. The SMILES string of the molecule is C[Si](C)(C)C#Cc1cccc(C(=O)[O-])n1. The lowest BCUT2D eigenvalue weighted by atomic mass is 10.3. The van der Waals surface area contributed by atoms with Crippen LogP contribution in [0.5, 0.6) is 0 Å². The highest BCUT2D eigenvalue weighted by molar-refractivity contribution is 6.83. The highest BCUT2D eigenvalue weighted by Crippen LogP contribution is 2.00. The molecule has 0 aliphatic carbocycles. The van der Waals surface area contributed by atoms with Gasteiger partial charge in [-0.2, -0.15) is 0 Å². The van der Waals surface area contributed by atoms with Crippen molar-refractivity contribution in [3.05, 3.63) is 29.6 Å². The van der Waals surface area contributed by atoms with E-state index in [0.29, 0.717) is 5.69 Å². The van der Waals surface area contributed by atoms with Crippen molar-refractivity contribution in [2.75, 3.05) is 0 Å². The van der Waals surface area contributed by atoms with E-state index < -0.39 is 14.0 Å². The number of aromatic nitrogens is 1. The lowest BCUT2D eigenvalue weighted by Gasteiger charge is -2.04. The molecule has 3 nitrogen and oxygen atoms in total. The van der Waals surface area contributed by atoms with Gasteiger partial charge in [0.1, 0.15) is 13.8 Å². The van der Waals surface area contributed by atoms with Gasteiger partial charge in [0.15, 0.2) is 0 Å². The van der Waals surface area contributed by atoms with Crippen molar-refractivity contribution in [2.24, 2.45) is 0 Å². The first kappa shape index (κ1) is 11.5. The number of aromatic carboxylic acids is 1. The molecule has 0 aliphatic rings. The van der Waals surface area contributed by atoms with E-state index in [9.17, 15) is 9.90 Å². The number of carboxylic acids is 1. The molecule has 1 aromatic rings. The van der Waals surface area contributed by atoms with Crippen LogP contribution in [0.4, 0.5) is 0 Å². The zero-order chi connectivity index (χ0) is 11.5. The van der Waals surface area contributed by atoms with E-state index >= 15 is 0 Å². The van der Waals surface area contributed by atoms with E-state index in [4.69, 9.17) is 0 Å². The maximum atomic E-state index is 10.5. The zero-order valence-corrected chi connectivity index (χ0v) is 10.00.